The number of ether oxygens (including phenoxy) is 3. The molecule has 0 radical (unpaired) electrons. The van der Waals surface area contributed by atoms with Gasteiger partial charge in [-0.15, -0.1) is 11.8 Å². The van der Waals surface area contributed by atoms with Crippen LogP contribution in [0.4, 0.5) is 9.93 Å². The molecule has 2 fully saturated rings. The highest BCUT2D eigenvalue weighted by Gasteiger charge is 2.55. The molecule has 3 aromatic heterocycles. The summed E-state index contributed by atoms with van der Waals surface area (Å²) in [6, 6.07) is 10.4. The van der Waals surface area contributed by atoms with E-state index in [2.05, 4.69) is 35.0 Å². The lowest BCUT2D eigenvalue weighted by molar-refractivity contribution is -0.664. The van der Waals surface area contributed by atoms with Crippen LogP contribution in [0.25, 0.3) is 11.2 Å². The third kappa shape index (κ3) is 9.85. The number of halogens is 1. The molecule has 0 saturated carbocycles. The Labute approximate surface area is 359 Å². The van der Waals surface area contributed by atoms with Crippen LogP contribution in [0.15, 0.2) is 65.3 Å². The van der Waals surface area contributed by atoms with Gasteiger partial charge in [0.05, 0.1) is 13.3 Å². The van der Waals surface area contributed by atoms with Crippen molar-refractivity contribution in [2.45, 2.75) is 76.7 Å². The monoisotopic (exact) mass is 912 g/mol. The first-order chi connectivity index (χ1) is 27.9. The van der Waals surface area contributed by atoms with E-state index in [1.54, 1.807) is 59.1 Å². The quantitative estimate of drug-likeness (QED) is 0.0544. The minimum atomic E-state index is -1.02. The number of carbonyl (C=O) groups excluding carboxylic acids is 4. The minimum Gasteiger partial charge on any atom is -1.00 e. The van der Waals surface area contributed by atoms with Gasteiger partial charge in [0, 0.05) is 28.9 Å². The summed E-state index contributed by atoms with van der Waals surface area (Å²) in [4.78, 5) is 69.8. The molecular weight excluding hydrogens is 869 g/mol. The second kappa shape index (κ2) is 18.9. The maximum atomic E-state index is 14.1. The Bertz CT molecular complexity index is 2250. The normalized spacial score (nSPS) is 18.4. The number of rotatable bonds is 13. The van der Waals surface area contributed by atoms with Crippen LogP contribution >= 0.6 is 23.3 Å². The highest BCUT2D eigenvalue weighted by atomic mass is 79.9. The van der Waals surface area contributed by atoms with Gasteiger partial charge in [-0.1, -0.05) is 17.3 Å². The maximum absolute atomic E-state index is 14.1. The van der Waals surface area contributed by atoms with Crippen LogP contribution in [0.3, 0.4) is 0 Å². The van der Waals surface area contributed by atoms with Gasteiger partial charge in [0.25, 0.3) is 11.8 Å². The van der Waals surface area contributed by atoms with Crippen molar-refractivity contribution < 1.29 is 59.8 Å². The molecule has 314 valence electrons. The predicted octanol–water partition coefficient (Wildman–Crippen LogP) is 0.298. The maximum Gasteiger partial charge on any atom is 0.414 e. The topological polar surface area (TPSA) is 204 Å². The van der Waals surface area contributed by atoms with Gasteiger partial charge in [0.2, 0.25) is 23.0 Å². The largest absolute Gasteiger partial charge is 1.00 e. The van der Waals surface area contributed by atoms with Crippen LogP contribution in [-0.4, -0.2) is 103 Å². The zero-order chi connectivity index (χ0) is 41.0. The number of thioether (sulfide) groups is 1. The molecule has 0 aliphatic carbocycles. The SMILES string of the molecule is CCO/N=C(\C(=O)NC1C(=O)N2C(C(=O)OCc3ccc(OC)cc3)=C(C[n+]3cccc4c3ncn4C3CCNCC3)CSC12)c1nsc(NC(=O)OC(C)(C)C)n1.[Br-]. The fourth-order valence-electron chi connectivity index (χ4n) is 6.78. The van der Waals surface area contributed by atoms with Crippen LogP contribution < -0.4 is 42.2 Å². The summed E-state index contributed by atoms with van der Waals surface area (Å²) in [5, 5.41) is 12.0. The molecule has 6 heterocycles. The number of piperidine rings is 1. The van der Waals surface area contributed by atoms with E-state index in [1.165, 1.54) is 16.7 Å². The van der Waals surface area contributed by atoms with Crippen LogP contribution in [0.2, 0.25) is 0 Å². The summed E-state index contributed by atoms with van der Waals surface area (Å²) in [5.74, 6) is -1.05. The van der Waals surface area contributed by atoms with Crippen molar-refractivity contribution in [3.63, 3.8) is 0 Å². The second-order valence-corrected chi connectivity index (χ2v) is 16.5. The minimum absolute atomic E-state index is 0. The molecule has 3 amide bonds. The number of carbonyl (C=O) groups is 4. The number of β-lactam (4-membered cyclic amide) rings is 1. The number of pyridine rings is 1. The molecule has 59 heavy (non-hydrogen) atoms. The van der Waals surface area contributed by atoms with E-state index in [-0.39, 0.29) is 59.1 Å². The van der Waals surface area contributed by atoms with Crippen molar-refractivity contribution >= 4 is 69.2 Å². The van der Waals surface area contributed by atoms with E-state index in [0.717, 1.165) is 54.2 Å². The summed E-state index contributed by atoms with van der Waals surface area (Å²) in [7, 11) is 1.57. The standard InChI is InChI=1S/C38H44N10O8S2.BrH/c1-6-55-44-27(30-42-36(58-45-30)43-37(52)56-38(2,3)4)32(49)41-28-33(50)48-29(35(51)54-19-22-9-11-25(53-5)12-10-22)23(20-57-34(28)48)18-46-17-7-8-26-31(46)40-21-47(26)24-13-15-39-16-14-24;/h7-12,17,21,24,28,34,39H,6,13-16,18-20H2,1-5H3,(H-,41,42,43,45,49,52);1H/b44-27-;. The number of nitrogens with zero attached hydrogens (tertiary/aromatic N) is 7. The van der Waals surface area contributed by atoms with Gasteiger partial charge in [-0.2, -0.15) is 9.36 Å². The van der Waals surface area contributed by atoms with E-state index >= 15 is 0 Å². The van der Waals surface area contributed by atoms with Crippen molar-refractivity contribution in [2.24, 2.45) is 5.16 Å². The van der Waals surface area contributed by atoms with Crippen LogP contribution in [-0.2, 0) is 41.8 Å². The van der Waals surface area contributed by atoms with Crippen molar-refractivity contribution in [1.82, 2.24) is 34.4 Å². The molecule has 2 saturated heterocycles. The molecular formula is C38H45BrN10O8S2. The lowest BCUT2D eigenvalue weighted by Crippen LogP contribution is -3.00. The van der Waals surface area contributed by atoms with Crippen LogP contribution in [0.1, 0.15) is 58.0 Å². The summed E-state index contributed by atoms with van der Waals surface area (Å²) in [6.45, 7) is 9.10. The van der Waals surface area contributed by atoms with E-state index in [4.69, 9.17) is 24.0 Å². The average Bonchev–Trinajstić information content (AvgIpc) is 3.86. The molecule has 18 nitrogen and oxygen atoms in total. The van der Waals surface area contributed by atoms with Crippen molar-refractivity contribution in [2.75, 3.05) is 37.9 Å². The molecule has 2 atom stereocenters. The van der Waals surface area contributed by atoms with Crippen LogP contribution in [0.5, 0.6) is 5.75 Å². The number of imidazole rings is 1. The summed E-state index contributed by atoms with van der Waals surface area (Å²) in [5.41, 5.74) is 2.22. The average molecular weight is 914 g/mol. The number of anilines is 1. The van der Waals surface area contributed by atoms with Gasteiger partial charge < -0.3 is 51.2 Å². The molecule has 3 aliphatic rings. The Morgan fingerprint density at radius 3 is 2.59 bits per heavy atom. The molecule has 4 aromatic rings. The summed E-state index contributed by atoms with van der Waals surface area (Å²) >= 11 is 2.23. The van der Waals surface area contributed by atoms with E-state index < -0.39 is 40.9 Å². The van der Waals surface area contributed by atoms with Crippen molar-refractivity contribution in [3.8, 4) is 5.75 Å². The Hall–Kier alpha value is -5.12. The van der Waals surface area contributed by atoms with Gasteiger partial charge in [0.1, 0.15) is 53.7 Å². The van der Waals surface area contributed by atoms with E-state index in [9.17, 15) is 19.2 Å². The lowest BCUT2D eigenvalue weighted by Gasteiger charge is -2.49. The highest BCUT2D eigenvalue weighted by Crippen LogP contribution is 2.41. The molecule has 3 N–H and O–H groups in total. The Morgan fingerprint density at radius 1 is 1.12 bits per heavy atom. The first-order valence-corrected chi connectivity index (χ1v) is 20.6. The Morgan fingerprint density at radius 2 is 1.88 bits per heavy atom. The predicted molar refractivity (Wildman–Crippen MR) is 214 cm³/mol. The van der Waals surface area contributed by atoms with Gasteiger partial charge >= 0.3 is 17.7 Å². The number of oxime groups is 1. The number of amides is 3. The molecule has 3 aliphatic heterocycles. The zero-order valence-corrected chi connectivity index (χ0v) is 36.3. The third-order valence-corrected chi connectivity index (χ3v) is 11.4. The number of methoxy groups -OCH3 is 1. The fraction of sp³-hybridized carbons (Fsp3) is 0.447. The number of fused-ring (bicyclic) bond motifs is 2. The second-order valence-electron chi connectivity index (χ2n) is 14.6. The van der Waals surface area contributed by atoms with Gasteiger partial charge in [-0.25, -0.2) is 14.2 Å². The van der Waals surface area contributed by atoms with E-state index in [0.29, 0.717) is 23.1 Å². The number of benzene rings is 1. The zero-order valence-electron chi connectivity index (χ0n) is 33.1. The summed E-state index contributed by atoms with van der Waals surface area (Å²) in [6.07, 6.45) is 5.02. The molecule has 0 bridgehead atoms. The Balaban J connectivity index is 0.00000585. The molecule has 1 aromatic carbocycles. The number of hydrogen-bond donors (Lipinski definition) is 3. The van der Waals surface area contributed by atoms with Gasteiger partial charge in [0.15, 0.2) is 0 Å². The molecule has 0 spiro atoms. The highest BCUT2D eigenvalue weighted by molar-refractivity contribution is 8.00. The lowest BCUT2D eigenvalue weighted by atomic mass is 10.0. The summed E-state index contributed by atoms with van der Waals surface area (Å²) < 4.78 is 24.7. The van der Waals surface area contributed by atoms with Gasteiger partial charge in [-0.05, 0) is 88.4 Å². The van der Waals surface area contributed by atoms with Crippen molar-refractivity contribution in [1.29, 1.82) is 0 Å². The molecule has 2 unspecified atom stereocenters. The first kappa shape index (κ1) is 43.5. The van der Waals surface area contributed by atoms with Crippen LogP contribution in [0, 0.1) is 0 Å². The fourth-order valence-corrected chi connectivity index (χ4v) is 8.67. The molecule has 7 rings (SSSR count). The van der Waals surface area contributed by atoms with Crippen molar-refractivity contribution in [3.05, 3.63) is 71.6 Å². The number of esters is 1. The number of hydrogen-bond acceptors (Lipinski definition) is 15. The smallest absolute Gasteiger partial charge is 0.414 e. The van der Waals surface area contributed by atoms with Gasteiger partial charge in [-0.3, -0.25) is 19.8 Å². The van der Waals surface area contributed by atoms with E-state index in [1.807, 2.05) is 29.2 Å². The first-order valence-electron chi connectivity index (χ1n) is 18.8. The Kier molecular flexibility index (Phi) is 13.9. The number of nitrogens with one attached hydrogen (secondary N) is 3. The number of aromatic nitrogens is 5. The molecule has 21 heteroatoms. The third-order valence-electron chi connectivity index (χ3n) is 9.47.